The van der Waals surface area contributed by atoms with E-state index in [-0.39, 0.29) is 11.7 Å². The summed E-state index contributed by atoms with van der Waals surface area (Å²) in [5, 5.41) is 11.1. The molecule has 2 aromatic carbocycles. The first kappa shape index (κ1) is 22.5. The Morgan fingerprint density at radius 2 is 1.86 bits per heavy atom. The minimum atomic E-state index is -4.79. The molecule has 29 heavy (non-hydrogen) atoms. The zero-order valence-corrected chi connectivity index (χ0v) is 16.6. The van der Waals surface area contributed by atoms with Crippen molar-refractivity contribution in [2.45, 2.75) is 37.8 Å². The Hall–Kier alpha value is -2.75. The van der Waals surface area contributed by atoms with E-state index < -0.39 is 49.8 Å². The standard InChI is InChI=1S/C19H18F3NO5S/c1-11(2)14-6-4-12(3)8-16(14)28-18(24)10-29(27)17-7-5-13(19(20,21)22)9-15(17)23(25)26/h4-9,11H,10H2,1-3H3. The van der Waals surface area contributed by atoms with Gasteiger partial charge >= 0.3 is 12.1 Å². The Balaban J connectivity index is 2.26. The second-order valence-electron chi connectivity index (χ2n) is 6.60. The number of carbonyl (C=O) groups excluding carboxylic acids is 1. The molecule has 1 unspecified atom stereocenters. The number of ether oxygens (including phenoxy) is 1. The fourth-order valence-corrected chi connectivity index (χ4v) is 3.59. The van der Waals surface area contributed by atoms with Crippen molar-refractivity contribution in [3.05, 3.63) is 63.2 Å². The molecule has 0 spiro atoms. The van der Waals surface area contributed by atoms with Gasteiger partial charge in [0, 0.05) is 6.07 Å². The van der Waals surface area contributed by atoms with Gasteiger partial charge < -0.3 is 4.74 Å². The third-order valence-corrected chi connectivity index (χ3v) is 5.33. The molecule has 0 heterocycles. The lowest BCUT2D eigenvalue weighted by Crippen LogP contribution is -2.19. The average molecular weight is 429 g/mol. The molecule has 0 saturated heterocycles. The van der Waals surface area contributed by atoms with E-state index in [1.54, 1.807) is 19.1 Å². The summed E-state index contributed by atoms with van der Waals surface area (Å²) in [6, 6.07) is 6.91. The van der Waals surface area contributed by atoms with Crippen molar-refractivity contribution < 1.29 is 31.8 Å². The zero-order chi connectivity index (χ0) is 21.9. The Bertz CT molecular complexity index is 973. The van der Waals surface area contributed by atoms with Crippen molar-refractivity contribution in [3.63, 3.8) is 0 Å². The molecule has 0 saturated carbocycles. The van der Waals surface area contributed by atoms with E-state index in [2.05, 4.69) is 0 Å². The van der Waals surface area contributed by atoms with Crippen LogP contribution in [0.15, 0.2) is 41.3 Å². The molecule has 0 aliphatic rings. The van der Waals surface area contributed by atoms with E-state index in [4.69, 9.17) is 4.74 Å². The highest BCUT2D eigenvalue weighted by Gasteiger charge is 2.34. The second kappa shape index (κ2) is 8.73. The summed E-state index contributed by atoms with van der Waals surface area (Å²) in [4.78, 5) is 21.8. The van der Waals surface area contributed by atoms with E-state index in [1.165, 1.54) is 0 Å². The molecule has 2 aromatic rings. The van der Waals surface area contributed by atoms with E-state index in [1.807, 2.05) is 19.9 Å². The van der Waals surface area contributed by atoms with Gasteiger partial charge in [0.2, 0.25) is 0 Å². The average Bonchev–Trinajstić information content (AvgIpc) is 2.59. The highest BCUT2D eigenvalue weighted by molar-refractivity contribution is 7.85. The number of hydrogen-bond acceptors (Lipinski definition) is 5. The molecule has 0 fully saturated rings. The van der Waals surface area contributed by atoms with Crippen LogP contribution in [0.5, 0.6) is 5.75 Å². The molecular formula is C19H18F3NO5S. The molecule has 0 aliphatic heterocycles. The molecule has 1 atom stereocenters. The number of alkyl halides is 3. The number of aryl methyl sites for hydroxylation is 1. The summed E-state index contributed by atoms with van der Waals surface area (Å²) in [7, 11) is -2.26. The van der Waals surface area contributed by atoms with Gasteiger partial charge in [0.15, 0.2) is 0 Å². The third-order valence-electron chi connectivity index (χ3n) is 3.99. The van der Waals surface area contributed by atoms with E-state index in [0.717, 1.165) is 17.2 Å². The molecule has 0 amide bonds. The normalized spacial score (nSPS) is 12.7. The largest absolute Gasteiger partial charge is 0.426 e. The molecule has 156 valence electrons. The van der Waals surface area contributed by atoms with E-state index in [0.29, 0.717) is 12.1 Å². The Morgan fingerprint density at radius 3 is 2.41 bits per heavy atom. The molecule has 6 nitrogen and oxygen atoms in total. The number of nitro groups is 1. The fraction of sp³-hybridized carbons (Fsp3) is 0.316. The summed E-state index contributed by atoms with van der Waals surface area (Å²) >= 11 is 0. The highest BCUT2D eigenvalue weighted by atomic mass is 32.2. The first-order chi connectivity index (χ1) is 13.4. The van der Waals surface area contributed by atoms with Crippen molar-refractivity contribution >= 4 is 22.5 Å². The lowest BCUT2D eigenvalue weighted by Gasteiger charge is -2.13. The van der Waals surface area contributed by atoms with Gasteiger partial charge in [-0.15, -0.1) is 0 Å². The van der Waals surface area contributed by atoms with Crippen LogP contribution in [-0.4, -0.2) is 20.9 Å². The summed E-state index contributed by atoms with van der Waals surface area (Å²) in [6.45, 7) is 5.59. The predicted octanol–water partition coefficient (Wildman–Crippen LogP) is 4.76. The monoisotopic (exact) mass is 429 g/mol. The SMILES string of the molecule is Cc1ccc(C(C)C)c(OC(=O)CS(=O)c2ccc(C(F)(F)F)cc2[N+](=O)[O-])c1. The Labute approximate surface area is 167 Å². The summed E-state index contributed by atoms with van der Waals surface area (Å²) < 4.78 is 56.1. The van der Waals surface area contributed by atoms with Crippen molar-refractivity contribution in [1.82, 2.24) is 0 Å². The molecule has 2 rings (SSSR count). The lowest BCUT2D eigenvalue weighted by atomic mass is 10.0. The van der Waals surface area contributed by atoms with Gasteiger partial charge in [0.25, 0.3) is 5.69 Å². The van der Waals surface area contributed by atoms with Crippen molar-refractivity contribution in [2.75, 3.05) is 5.75 Å². The molecular weight excluding hydrogens is 411 g/mol. The number of halogens is 3. The maximum Gasteiger partial charge on any atom is 0.416 e. The molecule has 0 aliphatic carbocycles. The maximum absolute atomic E-state index is 12.8. The third kappa shape index (κ3) is 5.63. The number of rotatable bonds is 6. The van der Waals surface area contributed by atoms with Crippen LogP contribution >= 0.6 is 0 Å². The summed E-state index contributed by atoms with van der Waals surface area (Å²) in [5.74, 6) is -1.33. The van der Waals surface area contributed by atoms with Crippen molar-refractivity contribution in [3.8, 4) is 5.75 Å². The van der Waals surface area contributed by atoms with Crippen LogP contribution in [0.25, 0.3) is 0 Å². The number of carbonyl (C=O) groups is 1. The second-order valence-corrected chi connectivity index (χ2v) is 8.02. The molecule has 0 radical (unpaired) electrons. The molecule has 0 bridgehead atoms. The number of benzene rings is 2. The molecule has 0 aromatic heterocycles. The number of nitrogens with zero attached hydrogens (tertiary/aromatic N) is 1. The van der Waals surface area contributed by atoms with Crippen LogP contribution in [0.2, 0.25) is 0 Å². The number of nitro benzene ring substituents is 1. The topological polar surface area (TPSA) is 86.5 Å². The van der Waals surface area contributed by atoms with Crippen molar-refractivity contribution in [1.29, 1.82) is 0 Å². The maximum atomic E-state index is 12.8. The molecule has 10 heteroatoms. The summed E-state index contributed by atoms with van der Waals surface area (Å²) in [5.41, 5.74) is -0.634. The smallest absolute Gasteiger partial charge is 0.416 e. The van der Waals surface area contributed by atoms with Gasteiger partial charge in [-0.25, -0.2) is 0 Å². The van der Waals surface area contributed by atoms with Crippen molar-refractivity contribution in [2.24, 2.45) is 0 Å². The minimum absolute atomic E-state index is 0.0416. The quantitative estimate of drug-likeness (QED) is 0.286. The first-order valence-electron chi connectivity index (χ1n) is 8.45. The van der Waals surface area contributed by atoms with Crippen LogP contribution in [0.4, 0.5) is 18.9 Å². The van der Waals surface area contributed by atoms with Crippen LogP contribution in [-0.2, 0) is 21.8 Å². The number of esters is 1. The highest BCUT2D eigenvalue weighted by Crippen LogP contribution is 2.34. The van der Waals surface area contributed by atoms with Gasteiger partial charge in [-0.05, 0) is 42.2 Å². The fourth-order valence-electron chi connectivity index (χ4n) is 2.57. The van der Waals surface area contributed by atoms with Gasteiger partial charge in [-0.3, -0.25) is 19.1 Å². The number of hydrogen-bond donors (Lipinski definition) is 0. The van der Waals surface area contributed by atoms with Gasteiger partial charge in [-0.1, -0.05) is 26.0 Å². The Kier molecular flexibility index (Phi) is 6.78. The first-order valence-corrected chi connectivity index (χ1v) is 9.77. The van der Waals surface area contributed by atoms with Gasteiger partial charge in [0.05, 0.1) is 21.3 Å². The van der Waals surface area contributed by atoms with E-state index >= 15 is 0 Å². The zero-order valence-electron chi connectivity index (χ0n) is 15.8. The van der Waals surface area contributed by atoms with Gasteiger partial charge in [-0.2, -0.15) is 13.2 Å². The van der Waals surface area contributed by atoms with Crippen LogP contribution in [0.3, 0.4) is 0 Å². The minimum Gasteiger partial charge on any atom is -0.426 e. The Morgan fingerprint density at radius 1 is 1.21 bits per heavy atom. The summed E-state index contributed by atoms with van der Waals surface area (Å²) in [6.07, 6.45) is -4.79. The van der Waals surface area contributed by atoms with Crippen LogP contribution in [0.1, 0.15) is 36.5 Å². The van der Waals surface area contributed by atoms with Crippen LogP contribution in [0, 0.1) is 17.0 Å². The molecule has 0 N–H and O–H groups in total. The van der Waals surface area contributed by atoms with Crippen LogP contribution < -0.4 is 4.74 Å². The lowest BCUT2D eigenvalue weighted by molar-refractivity contribution is -0.388. The van der Waals surface area contributed by atoms with E-state index in [9.17, 15) is 32.3 Å². The predicted molar refractivity (Wildman–Crippen MR) is 100 cm³/mol. The van der Waals surface area contributed by atoms with Gasteiger partial charge in [0.1, 0.15) is 16.4 Å².